The normalized spacial score (nSPS) is 24.9. The third-order valence-corrected chi connectivity index (χ3v) is 6.89. The average molecular weight is 410 g/mol. The number of nitrogens with one attached hydrogen (secondary N) is 1. The molecule has 6 heteroatoms. The SMILES string of the molecule is CC(=O)N[C@@H](CCN1C2CCC1CC(n1c(C)nnc1C(C)C)C2)c1ccccc1. The Morgan fingerprint density at radius 1 is 1.10 bits per heavy atom. The fraction of sp³-hybridized carbons (Fsp3) is 0.625. The van der Waals surface area contributed by atoms with Crippen LogP contribution in [-0.4, -0.2) is 44.2 Å². The number of aromatic nitrogens is 3. The smallest absolute Gasteiger partial charge is 0.217 e. The second-order valence-corrected chi connectivity index (χ2v) is 9.33. The van der Waals surface area contributed by atoms with Crippen LogP contribution in [0.3, 0.4) is 0 Å². The van der Waals surface area contributed by atoms with Gasteiger partial charge in [-0.1, -0.05) is 44.2 Å². The maximum absolute atomic E-state index is 11.8. The molecule has 0 aliphatic carbocycles. The lowest BCUT2D eigenvalue weighted by molar-refractivity contribution is -0.119. The summed E-state index contributed by atoms with van der Waals surface area (Å²) in [6, 6.07) is 12.2. The molecule has 1 N–H and O–H groups in total. The Kier molecular flexibility index (Phi) is 6.23. The zero-order valence-corrected chi connectivity index (χ0v) is 18.7. The van der Waals surface area contributed by atoms with Gasteiger partial charge in [0.1, 0.15) is 11.6 Å². The van der Waals surface area contributed by atoms with Gasteiger partial charge in [-0.2, -0.15) is 0 Å². The van der Waals surface area contributed by atoms with Crippen LogP contribution < -0.4 is 5.32 Å². The third kappa shape index (κ3) is 4.29. The van der Waals surface area contributed by atoms with Gasteiger partial charge in [0.05, 0.1) is 6.04 Å². The summed E-state index contributed by atoms with van der Waals surface area (Å²) in [6.07, 6.45) is 5.84. The van der Waals surface area contributed by atoms with Gasteiger partial charge in [-0.3, -0.25) is 9.69 Å². The van der Waals surface area contributed by atoms with Crippen molar-refractivity contribution >= 4 is 5.91 Å². The number of rotatable bonds is 7. The summed E-state index contributed by atoms with van der Waals surface area (Å²) >= 11 is 0. The molecule has 1 aromatic heterocycles. The summed E-state index contributed by atoms with van der Waals surface area (Å²) in [5.41, 5.74) is 1.19. The van der Waals surface area contributed by atoms with E-state index in [1.165, 1.54) is 31.2 Å². The molecule has 2 bridgehead atoms. The first-order valence-corrected chi connectivity index (χ1v) is 11.4. The highest BCUT2D eigenvalue weighted by atomic mass is 16.1. The molecule has 30 heavy (non-hydrogen) atoms. The minimum atomic E-state index is 0.0369. The molecule has 2 aliphatic rings. The van der Waals surface area contributed by atoms with Crippen LogP contribution in [0.1, 0.15) is 88.1 Å². The summed E-state index contributed by atoms with van der Waals surface area (Å²) in [7, 11) is 0. The van der Waals surface area contributed by atoms with Crippen LogP contribution >= 0.6 is 0 Å². The molecule has 2 fully saturated rings. The van der Waals surface area contributed by atoms with Gasteiger partial charge in [-0.05, 0) is 44.6 Å². The Balaban J connectivity index is 1.44. The molecule has 2 aromatic rings. The lowest BCUT2D eigenvalue weighted by Gasteiger charge is -2.40. The van der Waals surface area contributed by atoms with E-state index in [1.54, 1.807) is 6.92 Å². The van der Waals surface area contributed by atoms with Crippen molar-refractivity contribution in [2.45, 2.75) is 89.9 Å². The van der Waals surface area contributed by atoms with Crippen molar-refractivity contribution in [3.63, 3.8) is 0 Å². The van der Waals surface area contributed by atoms with Crippen LogP contribution in [0.4, 0.5) is 0 Å². The summed E-state index contributed by atoms with van der Waals surface area (Å²) in [5, 5.41) is 12.0. The molecular formula is C24H35N5O. The number of hydrogen-bond acceptors (Lipinski definition) is 4. The molecule has 4 rings (SSSR count). The number of benzene rings is 1. The van der Waals surface area contributed by atoms with Gasteiger partial charge in [0, 0.05) is 37.5 Å². The molecular weight excluding hydrogens is 374 g/mol. The predicted molar refractivity (Wildman–Crippen MR) is 118 cm³/mol. The number of aryl methyl sites for hydroxylation is 1. The second kappa shape index (κ2) is 8.88. The molecule has 6 nitrogen and oxygen atoms in total. The van der Waals surface area contributed by atoms with E-state index < -0.39 is 0 Å². The maximum atomic E-state index is 11.8. The molecule has 0 radical (unpaired) electrons. The molecule has 2 saturated heterocycles. The van der Waals surface area contributed by atoms with Crippen LogP contribution in [0, 0.1) is 6.92 Å². The van der Waals surface area contributed by atoms with Crippen LogP contribution in [0.25, 0.3) is 0 Å². The zero-order valence-electron chi connectivity index (χ0n) is 18.7. The first-order chi connectivity index (χ1) is 14.4. The van der Waals surface area contributed by atoms with Gasteiger partial charge in [0.2, 0.25) is 5.91 Å². The Hall–Kier alpha value is -2.21. The van der Waals surface area contributed by atoms with Gasteiger partial charge >= 0.3 is 0 Å². The molecule has 2 aliphatic heterocycles. The van der Waals surface area contributed by atoms with Gasteiger partial charge in [-0.25, -0.2) is 0 Å². The number of carbonyl (C=O) groups excluding carboxylic acids is 1. The van der Waals surface area contributed by atoms with Crippen molar-refractivity contribution in [3.8, 4) is 0 Å². The first-order valence-electron chi connectivity index (χ1n) is 11.4. The fourth-order valence-corrected chi connectivity index (χ4v) is 5.58. The number of hydrogen-bond donors (Lipinski definition) is 1. The quantitative estimate of drug-likeness (QED) is 0.746. The molecule has 3 atom stereocenters. The predicted octanol–water partition coefficient (Wildman–Crippen LogP) is 4.15. The van der Waals surface area contributed by atoms with E-state index in [-0.39, 0.29) is 11.9 Å². The van der Waals surface area contributed by atoms with Crippen LogP contribution in [0.5, 0.6) is 0 Å². The minimum Gasteiger partial charge on any atom is -0.349 e. The number of amides is 1. The molecule has 2 unspecified atom stereocenters. The second-order valence-electron chi connectivity index (χ2n) is 9.33. The average Bonchev–Trinajstić information content (AvgIpc) is 3.21. The van der Waals surface area contributed by atoms with Crippen molar-refractivity contribution in [1.82, 2.24) is 25.0 Å². The lowest BCUT2D eigenvalue weighted by atomic mass is 9.95. The highest BCUT2D eigenvalue weighted by Crippen LogP contribution is 2.42. The van der Waals surface area contributed by atoms with Gasteiger partial charge in [-0.15, -0.1) is 10.2 Å². The van der Waals surface area contributed by atoms with E-state index in [0.717, 1.165) is 24.6 Å². The van der Waals surface area contributed by atoms with Crippen molar-refractivity contribution in [3.05, 3.63) is 47.5 Å². The summed E-state index contributed by atoms with van der Waals surface area (Å²) in [4.78, 5) is 14.5. The number of carbonyl (C=O) groups is 1. The molecule has 0 spiro atoms. The first kappa shape index (κ1) is 21.0. The number of piperidine rings is 1. The third-order valence-electron chi connectivity index (χ3n) is 6.89. The maximum Gasteiger partial charge on any atom is 0.217 e. The van der Waals surface area contributed by atoms with E-state index in [9.17, 15) is 4.79 Å². The van der Waals surface area contributed by atoms with E-state index in [2.05, 4.69) is 57.9 Å². The number of nitrogens with zero attached hydrogens (tertiary/aromatic N) is 4. The topological polar surface area (TPSA) is 63.1 Å². The molecule has 1 aromatic carbocycles. The molecule has 0 saturated carbocycles. The Morgan fingerprint density at radius 2 is 1.77 bits per heavy atom. The van der Waals surface area contributed by atoms with Crippen molar-refractivity contribution < 1.29 is 4.79 Å². The van der Waals surface area contributed by atoms with Crippen molar-refractivity contribution in [1.29, 1.82) is 0 Å². The lowest BCUT2D eigenvalue weighted by Crippen LogP contribution is -2.45. The van der Waals surface area contributed by atoms with Gasteiger partial charge in [0.15, 0.2) is 0 Å². The summed E-state index contributed by atoms with van der Waals surface area (Å²) in [5.74, 6) is 2.60. The van der Waals surface area contributed by atoms with Crippen LogP contribution in [-0.2, 0) is 4.79 Å². The van der Waals surface area contributed by atoms with E-state index in [4.69, 9.17) is 0 Å². The molecule has 1 amide bonds. The molecule has 162 valence electrons. The van der Waals surface area contributed by atoms with Gasteiger partial charge in [0.25, 0.3) is 0 Å². The Morgan fingerprint density at radius 3 is 2.37 bits per heavy atom. The Bertz CT molecular complexity index is 848. The van der Waals surface area contributed by atoms with E-state index in [1.807, 2.05) is 18.2 Å². The minimum absolute atomic E-state index is 0.0369. The zero-order chi connectivity index (χ0) is 21.3. The fourth-order valence-electron chi connectivity index (χ4n) is 5.58. The van der Waals surface area contributed by atoms with E-state index >= 15 is 0 Å². The van der Waals surface area contributed by atoms with E-state index in [0.29, 0.717) is 24.0 Å². The summed E-state index contributed by atoms with van der Waals surface area (Å²) < 4.78 is 2.41. The van der Waals surface area contributed by atoms with Crippen LogP contribution in [0.15, 0.2) is 30.3 Å². The van der Waals surface area contributed by atoms with Crippen molar-refractivity contribution in [2.75, 3.05) is 6.54 Å². The standard InChI is InChI=1S/C24H35N5O/c1-16(2)24-27-26-17(3)29(24)22-14-20-10-11-21(15-22)28(20)13-12-23(25-18(4)30)19-8-6-5-7-9-19/h5-9,16,20-23H,10-15H2,1-4H3,(H,25,30)/t20?,21?,22?,23-/m0/s1. The van der Waals surface area contributed by atoms with Gasteiger partial charge < -0.3 is 9.88 Å². The highest BCUT2D eigenvalue weighted by molar-refractivity contribution is 5.73. The monoisotopic (exact) mass is 409 g/mol. The number of fused-ring (bicyclic) bond motifs is 2. The molecule has 3 heterocycles. The van der Waals surface area contributed by atoms with Crippen molar-refractivity contribution in [2.24, 2.45) is 0 Å². The van der Waals surface area contributed by atoms with Crippen LogP contribution in [0.2, 0.25) is 0 Å². The summed E-state index contributed by atoms with van der Waals surface area (Å²) in [6.45, 7) is 9.13. The largest absolute Gasteiger partial charge is 0.349 e. The highest BCUT2D eigenvalue weighted by Gasteiger charge is 2.42. The Labute approximate surface area is 180 Å².